The Morgan fingerprint density at radius 1 is 1.37 bits per heavy atom. The second-order valence-corrected chi connectivity index (χ2v) is 11.0. The molecule has 1 aliphatic rings. The summed E-state index contributed by atoms with van der Waals surface area (Å²) in [6.45, 7) is 0. The lowest BCUT2D eigenvalue weighted by Gasteiger charge is -2.26. The molecule has 2 unspecified atom stereocenters. The topological polar surface area (TPSA) is 51.2 Å². The van der Waals surface area contributed by atoms with Gasteiger partial charge in [-0.05, 0) is 57.2 Å². The van der Waals surface area contributed by atoms with Crippen LogP contribution < -0.4 is 0 Å². The van der Waals surface area contributed by atoms with Gasteiger partial charge in [-0.25, -0.2) is 8.42 Å². The number of hydrogen-bond acceptors (Lipinski definition) is 4. The van der Waals surface area contributed by atoms with Crippen LogP contribution >= 0.6 is 43.2 Å². The van der Waals surface area contributed by atoms with E-state index < -0.39 is 9.84 Å². The third kappa shape index (κ3) is 3.68. The Labute approximate surface area is 134 Å². The van der Waals surface area contributed by atoms with Crippen molar-refractivity contribution in [2.45, 2.75) is 30.9 Å². The molecule has 0 amide bonds. The number of halogens is 2. The molecular weight excluding hydrogens is 416 g/mol. The molecule has 3 nitrogen and oxygen atoms in total. The van der Waals surface area contributed by atoms with Crippen LogP contribution in [0.5, 0.6) is 0 Å². The Hall–Kier alpha value is 0.280. The number of rotatable bonds is 3. The van der Waals surface area contributed by atoms with E-state index in [4.69, 9.17) is 0 Å². The van der Waals surface area contributed by atoms with Crippen molar-refractivity contribution in [3.05, 3.63) is 19.2 Å². The molecule has 7 heteroatoms. The average Bonchev–Trinajstić information content (AvgIpc) is 2.66. The van der Waals surface area contributed by atoms with Gasteiger partial charge in [0, 0.05) is 17.7 Å². The second-order valence-electron chi connectivity index (χ2n) is 4.92. The lowest BCUT2D eigenvalue weighted by Crippen LogP contribution is -2.31. The molecule has 1 aromatic rings. The van der Waals surface area contributed by atoms with Crippen molar-refractivity contribution in [2.75, 3.05) is 6.26 Å². The minimum absolute atomic E-state index is 0.0576. The molecule has 0 bridgehead atoms. The van der Waals surface area contributed by atoms with Crippen molar-refractivity contribution in [1.29, 1.82) is 0 Å². The summed E-state index contributed by atoms with van der Waals surface area (Å²) in [5, 5.41) is -0.365. The van der Waals surface area contributed by atoms with Crippen LogP contribution in [0.3, 0.4) is 0 Å². The van der Waals surface area contributed by atoms with Crippen LogP contribution in [0.4, 0.5) is 0 Å². The van der Waals surface area contributed by atoms with Crippen LogP contribution in [0.25, 0.3) is 0 Å². The Kier molecular flexibility index (Phi) is 4.91. The lowest BCUT2D eigenvalue weighted by molar-refractivity contribution is 0.0890. The second kappa shape index (κ2) is 5.95. The van der Waals surface area contributed by atoms with Gasteiger partial charge in [0.05, 0.1) is 12.8 Å². The van der Waals surface area contributed by atoms with Crippen LogP contribution in [-0.2, 0) is 9.84 Å². The maximum atomic E-state index is 12.5. The molecule has 1 fully saturated rings. The zero-order valence-corrected chi connectivity index (χ0v) is 15.2. The van der Waals surface area contributed by atoms with Gasteiger partial charge >= 0.3 is 0 Å². The van der Waals surface area contributed by atoms with Gasteiger partial charge in [0.2, 0.25) is 0 Å². The molecule has 0 spiro atoms. The third-order valence-corrected chi connectivity index (χ3v) is 7.50. The predicted molar refractivity (Wildman–Crippen MR) is 84.6 cm³/mol. The molecule has 1 aliphatic carbocycles. The first kappa shape index (κ1) is 15.7. The molecule has 0 saturated heterocycles. The van der Waals surface area contributed by atoms with Crippen molar-refractivity contribution in [3.8, 4) is 0 Å². The van der Waals surface area contributed by atoms with Gasteiger partial charge in [-0.2, -0.15) is 0 Å². The molecular formula is C12H14Br2O3S2. The summed E-state index contributed by atoms with van der Waals surface area (Å²) in [7, 11) is -3.05. The predicted octanol–water partition coefficient (Wildman–Crippen LogP) is 4.06. The van der Waals surface area contributed by atoms with Crippen molar-refractivity contribution in [1.82, 2.24) is 0 Å². The van der Waals surface area contributed by atoms with Crippen LogP contribution in [0, 0.1) is 5.92 Å². The smallest absolute Gasteiger partial charge is 0.168 e. The van der Waals surface area contributed by atoms with E-state index in [0.717, 1.165) is 20.4 Å². The van der Waals surface area contributed by atoms with Gasteiger partial charge in [-0.1, -0.05) is 6.42 Å². The SMILES string of the molecule is CS(=O)(=O)C1CCCC(C(=O)c2cc(Br)sc2Br)C1. The fourth-order valence-electron chi connectivity index (χ4n) is 2.50. The van der Waals surface area contributed by atoms with Gasteiger partial charge in [-0.3, -0.25) is 4.79 Å². The van der Waals surface area contributed by atoms with Gasteiger partial charge in [0.15, 0.2) is 5.78 Å². The standard InChI is InChI=1S/C12H14Br2O3S2/c1-19(16,17)8-4-2-3-7(5-8)11(15)9-6-10(13)18-12(9)14/h6-8H,2-5H2,1H3. The normalized spacial score (nSPS) is 24.4. The number of thiophene rings is 1. The highest BCUT2D eigenvalue weighted by Gasteiger charge is 2.33. The zero-order chi connectivity index (χ0) is 14.2. The number of ketones is 1. The fourth-order valence-corrected chi connectivity index (χ4v) is 6.49. The third-order valence-electron chi connectivity index (χ3n) is 3.52. The van der Waals surface area contributed by atoms with Crippen LogP contribution in [0.2, 0.25) is 0 Å². The van der Waals surface area contributed by atoms with E-state index in [1.54, 1.807) is 6.07 Å². The van der Waals surface area contributed by atoms with Gasteiger partial charge < -0.3 is 0 Å². The average molecular weight is 430 g/mol. The van der Waals surface area contributed by atoms with Gasteiger partial charge in [0.25, 0.3) is 0 Å². The highest BCUT2D eigenvalue weighted by molar-refractivity contribution is 9.12. The molecule has 0 N–H and O–H groups in total. The number of Topliss-reactive ketones (excluding diaryl/α,β-unsaturated/α-hetero) is 1. The molecule has 0 aliphatic heterocycles. The van der Waals surface area contributed by atoms with E-state index in [9.17, 15) is 13.2 Å². The molecule has 0 radical (unpaired) electrons. The van der Waals surface area contributed by atoms with Crippen LogP contribution in [0.15, 0.2) is 13.6 Å². The Balaban J connectivity index is 2.18. The van der Waals surface area contributed by atoms with Crippen molar-refractivity contribution >= 4 is 58.8 Å². The van der Waals surface area contributed by atoms with Crippen LogP contribution in [-0.4, -0.2) is 25.7 Å². The fraction of sp³-hybridized carbons (Fsp3) is 0.583. The lowest BCUT2D eigenvalue weighted by atomic mass is 9.84. The quantitative estimate of drug-likeness (QED) is 0.680. The highest BCUT2D eigenvalue weighted by atomic mass is 79.9. The van der Waals surface area contributed by atoms with E-state index in [-0.39, 0.29) is 17.0 Å². The van der Waals surface area contributed by atoms with Crippen LogP contribution in [0.1, 0.15) is 36.0 Å². The number of hydrogen-bond donors (Lipinski definition) is 0. The van der Waals surface area contributed by atoms with E-state index in [1.807, 2.05) is 0 Å². The molecule has 1 heterocycles. The first-order valence-corrected chi connectivity index (χ1v) is 10.3. The van der Waals surface area contributed by atoms with Crippen molar-refractivity contribution in [2.24, 2.45) is 5.92 Å². The summed E-state index contributed by atoms with van der Waals surface area (Å²) in [5.74, 6) is -0.117. The van der Waals surface area contributed by atoms with Crippen molar-refractivity contribution < 1.29 is 13.2 Å². The Bertz CT molecular complexity index is 592. The summed E-state index contributed by atoms with van der Waals surface area (Å²) >= 11 is 8.21. The molecule has 106 valence electrons. The molecule has 1 aromatic heterocycles. The minimum Gasteiger partial charge on any atom is -0.294 e. The van der Waals surface area contributed by atoms with Gasteiger partial charge in [0.1, 0.15) is 9.84 Å². The number of sulfone groups is 1. The summed E-state index contributed by atoms with van der Waals surface area (Å²) in [4.78, 5) is 12.5. The highest BCUT2D eigenvalue weighted by Crippen LogP contribution is 2.37. The number of carbonyl (C=O) groups excluding carboxylic acids is 1. The maximum absolute atomic E-state index is 12.5. The Morgan fingerprint density at radius 3 is 2.58 bits per heavy atom. The molecule has 2 rings (SSSR count). The summed E-state index contributed by atoms with van der Waals surface area (Å²) < 4.78 is 25.0. The zero-order valence-electron chi connectivity index (χ0n) is 10.4. The summed E-state index contributed by atoms with van der Waals surface area (Å²) in [5.41, 5.74) is 0.663. The molecule has 19 heavy (non-hydrogen) atoms. The maximum Gasteiger partial charge on any atom is 0.168 e. The summed E-state index contributed by atoms with van der Waals surface area (Å²) in [6, 6.07) is 1.81. The van der Waals surface area contributed by atoms with E-state index in [1.165, 1.54) is 17.6 Å². The monoisotopic (exact) mass is 428 g/mol. The first-order valence-electron chi connectivity index (χ1n) is 5.97. The minimum atomic E-state index is -3.05. The molecule has 2 atom stereocenters. The Morgan fingerprint density at radius 2 is 2.05 bits per heavy atom. The largest absolute Gasteiger partial charge is 0.294 e. The molecule has 0 aromatic carbocycles. The first-order chi connectivity index (χ1) is 8.79. The van der Waals surface area contributed by atoms with Gasteiger partial charge in [-0.15, -0.1) is 11.3 Å². The number of carbonyl (C=O) groups is 1. The van der Waals surface area contributed by atoms with E-state index in [2.05, 4.69) is 31.9 Å². The van der Waals surface area contributed by atoms with Crippen molar-refractivity contribution in [3.63, 3.8) is 0 Å². The van der Waals surface area contributed by atoms with E-state index in [0.29, 0.717) is 18.4 Å². The van der Waals surface area contributed by atoms with E-state index >= 15 is 0 Å². The summed E-state index contributed by atoms with van der Waals surface area (Å²) in [6.07, 6.45) is 3.98. The molecule has 1 saturated carbocycles.